The molecule has 0 atom stereocenters. The third-order valence-corrected chi connectivity index (χ3v) is 2.26. The summed E-state index contributed by atoms with van der Waals surface area (Å²) in [5, 5.41) is 7.41. The lowest BCUT2D eigenvalue weighted by Crippen LogP contribution is -2.31. The van der Waals surface area contributed by atoms with Crippen molar-refractivity contribution in [1.82, 2.24) is 15.1 Å². The predicted molar refractivity (Wildman–Crippen MR) is 57.6 cm³/mol. The van der Waals surface area contributed by atoms with Gasteiger partial charge >= 0.3 is 0 Å². The zero-order valence-electron chi connectivity index (χ0n) is 8.34. The number of hydrogen-bond donors (Lipinski definition) is 1. The summed E-state index contributed by atoms with van der Waals surface area (Å²) >= 11 is 3.38. The van der Waals surface area contributed by atoms with Crippen molar-refractivity contribution in [3.05, 3.63) is 16.9 Å². The Morgan fingerprint density at radius 2 is 2.31 bits per heavy atom. The first-order chi connectivity index (χ1) is 6.03. The van der Waals surface area contributed by atoms with E-state index in [2.05, 4.69) is 40.2 Å². The van der Waals surface area contributed by atoms with Gasteiger partial charge in [-0.2, -0.15) is 5.10 Å². The Morgan fingerprint density at radius 1 is 1.62 bits per heavy atom. The van der Waals surface area contributed by atoms with Gasteiger partial charge < -0.3 is 5.32 Å². The van der Waals surface area contributed by atoms with E-state index in [1.807, 2.05) is 24.1 Å². The minimum Gasteiger partial charge on any atom is -0.319 e. The van der Waals surface area contributed by atoms with Gasteiger partial charge in [0.15, 0.2) is 0 Å². The molecule has 1 aromatic rings. The van der Waals surface area contributed by atoms with E-state index in [0.29, 0.717) is 0 Å². The van der Waals surface area contributed by atoms with Gasteiger partial charge in [-0.05, 0) is 28.4 Å². The van der Waals surface area contributed by atoms with E-state index in [1.165, 1.54) is 0 Å². The Morgan fingerprint density at radius 3 is 2.77 bits per heavy atom. The van der Waals surface area contributed by atoms with Crippen LogP contribution in [0.15, 0.2) is 16.9 Å². The van der Waals surface area contributed by atoms with Crippen molar-refractivity contribution in [3.63, 3.8) is 0 Å². The van der Waals surface area contributed by atoms with Gasteiger partial charge in [0.25, 0.3) is 0 Å². The van der Waals surface area contributed by atoms with Gasteiger partial charge in [-0.15, -0.1) is 0 Å². The topological polar surface area (TPSA) is 29.9 Å². The summed E-state index contributed by atoms with van der Waals surface area (Å²) in [5.74, 6) is 0. The maximum absolute atomic E-state index is 4.23. The van der Waals surface area contributed by atoms with Gasteiger partial charge in [0.05, 0.1) is 10.7 Å². The van der Waals surface area contributed by atoms with Crippen LogP contribution in [0.4, 0.5) is 0 Å². The molecule has 3 nitrogen and oxygen atoms in total. The number of rotatable bonds is 4. The van der Waals surface area contributed by atoms with Crippen LogP contribution >= 0.6 is 15.9 Å². The molecule has 4 heteroatoms. The van der Waals surface area contributed by atoms with Crippen molar-refractivity contribution in [2.45, 2.75) is 20.4 Å². The molecule has 13 heavy (non-hydrogen) atoms. The van der Waals surface area contributed by atoms with Crippen LogP contribution in [-0.2, 0) is 6.54 Å². The van der Waals surface area contributed by atoms with Crippen LogP contribution < -0.4 is 5.32 Å². The first kappa shape index (κ1) is 10.7. The Balaban J connectivity index is 2.57. The Hall–Kier alpha value is -0.350. The SMILES string of the molecule is CNCC(C)(C)Cn1cc(Br)cn1. The molecule has 0 bridgehead atoms. The van der Waals surface area contributed by atoms with Gasteiger partial charge in [0.2, 0.25) is 0 Å². The average molecular weight is 246 g/mol. The highest BCUT2D eigenvalue weighted by molar-refractivity contribution is 9.10. The Bertz CT molecular complexity index is 268. The van der Waals surface area contributed by atoms with Crippen LogP contribution in [0.3, 0.4) is 0 Å². The van der Waals surface area contributed by atoms with Gasteiger partial charge in [0.1, 0.15) is 0 Å². The molecule has 0 saturated heterocycles. The molecule has 74 valence electrons. The second kappa shape index (κ2) is 4.24. The molecule has 0 radical (unpaired) electrons. The number of hydrogen-bond acceptors (Lipinski definition) is 2. The zero-order chi connectivity index (χ0) is 9.90. The number of nitrogens with one attached hydrogen (secondary N) is 1. The largest absolute Gasteiger partial charge is 0.319 e. The minimum absolute atomic E-state index is 0.236. The van der Waals surface area contributed by atoms with Crippen LogP contribution in [0.5, 0.6) is 0 Å². The average Bonchev–Trinajstić information content (AvgIpc) is 2.34. The minimum atomic E-state index is 0.236. The molecule has 0 unspecified atom stereocenters. The van der Waals surface area contributed by atoms with Crippen molar-refractivity contribution in [3.8, 4) is 0 Å². The van der Waals surface area contributed by atoms with E-state index in [1.54, 1.807) is 0 Å². The van der Waals surface area contributed by atoms with Crippen molar-refractivity contribution < 1.29 is 0 Å². The van der Waals surface area contributed by atoms with Crippen molar-refractivity contribution in [2.24, 2.45) is 5.41 Å². The molecular formula is C9H16BrN3. The summed E-state index contributed by atoms with van der Waals surface area (Å²) < 4.78 is 2.99. The molecule has 0 aliphatic rings. The molecule has 1 N–H and O–H groups in total. The van der Waals surface area contributed by atoms with Crippen LogP contribution in [0.2, 0.25) is 0 Å². The van der Waals surface area contributed by atoms with E-state index in [9.17, 15) is 0 Å². The standard InChI is InChI=1S/C9H16BrN3/c1-9(2,6-11-3)7-13-5-8(10)4-12-13/h4-5,11H,6-7H2,1-3H3. The maximum atomic E-state index is 4.23. The first-order valence-corrected chi connectivity index (χ1v) is 5.15. The fourth-order valence-corrected chi connectivity index (χ4v) is 1.73. The highest BCUT2D eigenvalue weighted by Gasteiger charge is 2.17. The summed E-state index contributed by atoms with van der Waals surface area (Å²) in [7, 11) is 1.97. The van der Waals surface area contributed by atoms with Gasteiger partial charge in [-0.1, -0.05) is 13.8 Å². The smallest absolute Gasteiger partial charge is 0.0632 e. The summed E-state index contributed by atoms with van der Waals surface area (Å²) in [6.07, 6.45) is 3.81. The lowest BCUT2D eigenvalue weighted by molar-refractivity contribution is 0.283. The van der Waals surface area contributed by atoms with Crippen molar-refractivity contribution in [1.29, 1.82) is 0 Å². The van der Waals surface area contributed by atoms with E-state index in [0.717, 1.165) is 17.6 Å². The van der Waals surface area contributed by atoms with E-state index < -0.39 is 0 Å². The van der Waals surface area contributed by atoms with Crippen molar-refractivity contribution >= 4 is 15.9 Å². The zero-order valence-corrected chi connectivity index (χ0v) is 9.93. The van der Waals surface area contributed by atoms with E-state index in [4.69, 9.17) is 0 Å². The molecule has 1 heterocycles. The van der Waals surface area contributed by atoms with Crippen LogP contribution in [0.25, 0.3) is 0 Å². The summed E-state index contributed by atoms with van der Waals surface area (Å²) in [6, 6.07) is 0. The fraction of sp³-hybridized carbons (Fsp3) is 0.667. The molecule has 0 amide bonds. The number of nitrogens with zero attached hydrogens (tertiary/aromatic N) is 2. The maximum Gasteiger partial charge on any atom is 0.0632 e. The van der Waals surface area contributed by atoms with Gasteiger partial charge in [-0.3, -0.25) is 4.68 Å². The van der Waals surface area contributed by atoms with E-state index in [-0.39, 0.29) is 5.41 Å². The Labute approximate surface area is 87.6 Å². The first-order valence-electron chi connectivity index (χ1n) is 4.36. The molecular weight excluding hydrogens is 230 g/mol. The summed E-state index contributed by atoms with van der Waals surface area (Å²) in [6.45, 7) is 6.36. The molecule has 0 aromatic carbocycles. The third-order valence-electron chi connectivity index (χ3n) is 1.85. The predicted octanol–water partition coefficient (Wildman–Crippen LogP) is 1.89. The number of aromatic nitrogens is 2. The van der Waals surface area contributed by atoms with Gasteiger partial charge in [0, 0.05) is 19.3 Å². The molecule has 0 fully saturated rings. The molecule has 0 aliphatic heterocycles. The monoisotopic (exact) mass is 245 g/mol. The highest BCUT2D eigenvalue weighted by atomic mass is 79.9. The second-order valence-electron chi connectivity index (χ2n) is 4.05. The molecule has 0 spiro atoms. The third kappa shape index (κ3) is 3.48. The molecule has 1 aromatic heterocycles. The quantitative estimate of drug-likeness (QED) is 0.879. The van der Waals surface area contributed by atoms with Crippen LogP contribution in [-0.4, -0.2) is 23.4 Å². The molecule has 1 rings (SSSR count). The van der Waals surface area contributed by atoms with E-state index >= 15 is 0 Å². The molecule has 0 aliphatic carbocycles. The lowest BCUT2D eigenvalue weighted by Gasteiger charge is -2.23. The lowest BCUT2D eigenvalue weighted by atomic mass is 9.94. The summed E-state index contributed by atoms with van der Waals surface area (Å²) in [5.41, 5.74) is 0.236. The normalized spacial score (nSPS) is 12.0. The molecule has 0 saturated carbocycles. The van der Waals surface area contributed by atoms with Crippen molar-refractivity contribution in [2.75, 3.05) is 13.6 Å². The number of halogens is 1. The second-order valence-corrected chi connectivity index (χ2v) is 4.97. The fourth-order valence-electron chi connectivity index (χ4n) is 1.40. The van der Waals surface area contributed by atoms with Gasteiger partial charge in [-0.25, -0.2) is 0 Å². The van der Waals surface area contributed by atoms with Crippen LogP contribution in [0, 0.1) is 5.41 Å². The summed E-state index contributed by atoms with van der Waals surface area (Å²) in [4.78, 5) is 0. The Kier molecular flexibility index (Phi) is 3.50. The highest BCUT2D eigenvalue weighted by Crippen LogP contribution is 2.17. The van der Waals surface area contributed by atoms with Crippen LogP contribution in [0.1, 0.15) is 13.8 Å².